The van der Waals surface area contributed by atoms with Crippen molar-refractivity contribution in [2.24, 2.45) is 0 Å². The van der Waals surface area contributed by atoms with Gasteiger partial charge in [0.2, 0.25) is 0 Å². The topological polar surface area (TPSA) is 57.5 Å². The molecule has 3 nitrogen and oxygen atoms in total. The van der Waals surface area contributed by atoms with E-state index < -0.39 is 0 Å². The number of carbonyl (C=O) groups is 1. The maximum Gasteiger partial charge on any atom is 0.166 e. The van der Waals surface area contributed by atoms with E-state index in [4.69, 9.17) is 0 Å². The third kappa shape index (κ3) is 2.84. The summed E-state index contributed by atoms with van der Waals surface area (Å²) in [4.78, 5) is 11.8. The molecule has 3 heteroatoms. The number of hydrogen-bond donors (Lipinski definition) is 2. The molecule has 18 heavy (non-hydrogen) atoms. The lowest BCUT2D eigenvalue weighted by molar-refractivity contribution is 0.0985. The molecule has 0 radical (unpaired) electrons. The Balaban J connectivity index is 3.39. The standard InChI is InChI=1S/C15H22O3/c1-4-7-10-9-12(13(16)6-3)15(18)11(8-5-2)14(10)17/h9,17-18H,4-8H2,1-3H3. The molecule has 1 aromatic rings. The van der Waals surface area contributed by atoms with Gasteiger partial charge in [0.15, 0.2) is 5.78 Å². The van der Waals surface area contributed by atoms with Crippen molar-refractivity contribution in [2.75, 3.05) is 0 Å². The fourth-order valence-electron chi connectivity index (χ4n) is 2.13. The van der Waals surface area contributed by atoms with Crippen molar-refractivity contribution in [3.63, 3.8) is 0 Å². The quantitative estimate of drug-likeness (QED) is 0.758. The Morgan fingerprint density at radius 3 is 2.17 bits per heavy atom. The first kappa shape index (κ1) is 14.6. The van der Waals surface area contributed by atoms with Crippen LogP contribution in [0.5, 0.6) is 11.5 Å². The summed E-state index contributed by atoms with van der Waals surface area (Å²) in [6.45, 7) is 5.77. The van der Waals surface area contributed by atoms with Gasteiger partial charge in [0.05, 0.1) is 5.56 Å². The Labute approximate surface area is 108 Å². The van der Waals surface area contributed by atoms with Crippen LogP contribution in [0.3, 0.4) is 0 Å². The minimum absolute atomic E-state index is 0.0407. The number of aryl methyl sites for hydroxylation is 1. The molecule has 0 heterocycles. The van der Waals surface area contributed by atoms with Crippen molar-refractivity contribution in [3.8, 4) is 11.5 Å². The lowest BCUT2D eigenvalue weighted by Gasteiger charge is -2.14. The molecule has 100 valence electrons. The molecule has 0 aliphatic rings. The first-order chi connectivity index (χ1) is 8.56. The Hall–Kier alpha value is -1.51. The lowest BCUT2D eigenvalue weighted by Crippen LogP contribution is -2.03. The zero-order valence-electron chi connectivity index (χ0n) is 11.4. The molecule has 0 aliphatic carbocycles. The van der Waals surface area contributed by atoms with Crippen LogP contribution in [0.2, 0.25) is 0 Å². The summed E-state index contributed by atoms with van der Waals surface area (Å²) in [5, 5.41) is 20.3. The van der Waals surface area contributed by atoms with E-state index in [9.17, 15) is 15.0 Å². The fourth-order valence-corrected chi connectivity index (χ4v) is 2.13. The smallest absolute Gasteiger partial charge is 0.166 e. The van der Waals surface area contributed by atoms with Gasteiger partial charge >= 0.3 is 0 Å². The summed E-state index contributed by atoms with van der Waals surface area (Å²) < 4.78 is 0. The highest BCUT2D eigenvalue weighted by atomic mass is 16.3. The third-order valence-corrected chi connectivity index (χ3v) is 3.09. The number of rotatable bonds is 6. The van der Waals surface area contributed by atoms with Gasteiger partial charge < -0.3 is 10.2 Å². The first-order valence-electron chi connectivity index (χ1n) is 6.66. The van der Waals surface area contributed by atoms with Gasteiger partial charge in [0, 0.05) is 12.0 Å². The molecule has 0 saturated heterocycles. The van der Waals surface area contributed by atoms with Gasteiger partial charge in [0.1, 0.15) is 11.5 Å². The second-order valence-corrected chi connectivity index (χ2v) is 4.54. The van der Waals surface area contributed by atoms with Gasteiger partial charge in [-0.05, 0) is 24.5 Å². The number of carbonyl (C=O) groups excluding carboxylic acids is 1. The first-order valence-corrected chi connectivity index (χ1v) is 6.66. The second kappa shape index (κ2) is 6.43. The Kier molecular flexibility index (Phi) is 5.20. The molecule has 0 saturated carbocycles. The highest BCUT2D eigenvalue weighted by Gasteiger charge is 2.19. The number of benzene rings is 1. The molecule has 0 unspecified atom stereocenters. The van der Waals surface area contributed by atoms with Crippen LogP contribution in [-0.2, 0) is 12.8 Å². The van der Waals surface area contributed by atoms with Crippen molar-refractivity contribution in [1.29, 1.82) is 0 Å². The molecule has 0 atom stereocenters. The molecule has 2 N–H and O–H groups in total. The van der Waals surface area contributed by atoms with E-state index in [0.717, 1.165) is 18.4 Å². The summed E-state index contributed by atoms with van der Waals surface area (Å²) in [5.41, 5.74) is 1.62. The van der Waals surface area contributed by atoms with Crippen molar-refractivity contribution >= 4 is 5.78 Å². The van der Waals surface area contributed by atoms with Crippen molar-refractivity contribution in [1.82, 2.24) is 0 Å². The zero-order valence-corrected chi connectivity index (χ0v) is 11.4. The average molecular weight is 250 g/mol. The summed E-state index contributed by atoms with van der Waals surface area (Å²) in [7, 11) is 0. The van der Waals surface area contributed by atoms with Crippen LogP contribution in [0.4, 0.5) is 0 Å². The predicted octanol–water partition coefficient (Wildman–Crippen LogP) is 3.60. The van der Waals surface area contributed by atoms with E-state index >= 15 is 0 Å². The number of phenolic OH excluding ortho intramolecular Hbond substituents is 2. The van der Waals surface area contributed by atoms with Crippen LogP contribution in [0.15, 0.2) is 6.07 Å². The van der Waals surface area contributed by atoms with Crippen molar-refractivity contribution in [3.05, 3.63) is 22.8 Å². The number of ketones is 1. The minimum atomic E-state index is -0.0813. The zero-order chi connectivity index (χ0) is 13.7. The number of Topliss-reactive ketones (excluding diaryl/α,β-unsaturated/α-hetero) is 1. The van der Waals surface area contributed by atoms with E-state index in [-0.39, 0.29) is 17.3 Å². The number of aromatic hydroxyl groups is 2. The number of hydrogen-bond acceptors (Lipinski definition) is 3. The Morgan fingerprint density at radius 1 is 1.06 bits per heavy atom. The molecular formula is C15H22O3. The van der Waals surface area contributed by atoms with Crippen LogP contribution >= 0.6 is 0 Å². The molecule has 1 aromatic carbocycles. The van der Waals surface area contributed by atoms with Crippen molar-refractivity contribution < 1.29 is 15.0 Å². The van der Waals surface area contributed by atoms with Gasteiger partial charge in [-0.2, -0.15) is 0 Å². The predicted molar refractivity (Wildman–Crippen MR) is 72.4 cm³/mol. The summed E-state index contributed by atoms with van der Waals surface area (Å²) in [6.07, 6.45) is 3.36. The Morgan fingerprint density at radius 2 is 1.67 bits per heavy atom. The molecular weight excluding hydrogens is 228 g/mol. The van der Waals surface area contributed by atoms with Gasteiger partial charge in [-0.15, -0.1) is 0 Å². The molecule has 0 fully saturated rings. The van der Waals surface area contributed by atoms with E-state index in [1.807, 2.05) is 13.8 Å². The summed E-state index contributed by atoms with van der Waals surface area (Å²) in [5.74, 6) is 0.0344. The normalized spacial score (nSPS) is 10.6. The second-order valence-electron chi connectivity index (χ2n) is 4.54. The third-order valence-electron chi connectivity index (χ3n) is 3.09. The van der Waals surface area contributed by atoms with Crippen LogP contribution in [0.1, 0.15) is 61.5 Å². The van der Waals surface area contributed by atoms with Gasteiger partial charge in [0.25, 0.3) is 0 Å². The van der Waals surface area contributed by atoms with E-state index in [2.05, 4.69) is 0 Å². The van der Waals surface area contributed by atoms with Gasteiger partial charge in [-0.1, -0.05) is 33.6 Å². The molecule has 1 rings (SSSR count). The Bertz CT molecular complexity index is 436. The molecule has 0 bridgehead atoms. The van der Waals surface area contributed by atoms with E-state index in [1.165, 1.54) is 0 Å². The van der Waals surface area contributed by atoms with Gasteiger partial charge in [-0.25, -0.2) is 0 Å². The maximum absolute atomic E-state index is 11.8. The fraction of sp³-hybridized carbons (Fsp3) is 0.533. The van der Waals surface area contributed by atoms with Crippen molar-refractivity contribution in [2.45, 2.75) is 52.9 Å². The molecule has 0 spiro atoms. The van der Waals surface area contributed by atoms with Crippen LogP contribution in [0.25, 0.3) is 0 Å². The van der Waals surface area contributed by atoms with Crippen LogP contribution in [0, 0.1) is 0 Å². The largest absolute Gasteiger partial charge is 0.507 e. The van der Waals surface area contributed by atoms with Gasteiger partial charge in [-0.3, -0.25) is 4.79 Å². The molecule has 0 amide bonds. The summed E-state index contributed by atoms with van der Waals surface area (Å²) in [6, 6.07) is 1.64. The SMILES string of the molecule is CCCc1cc(C(=O)CC)c(O)c(CCC)c1O. The van der Waals surface area contributed by atoms with Crippen LogP contribution < -0.4 is 0 Å². The average Bonchev–Trinajstić information content (AvgIpc) is 2.37. The molecule has 0 aliphatic heterocycles. The highest BCUT2D eigenvalue weighted by Crippen LogP contribution is 2.36. The summed E-state index contributed by atoms with van der Waals surface area (Å²) >= 11 is 0. The lowest BCUT2D eigenvalue weighted by atomic mass is 9.94. The van der Waals surface area contributed by atoms with E-state index in [1.54, 1.807) is 13.0 Å². The monoisotopic (exact) mass is 250 g/mol. The molecule has 0 aromatic heterocycles. The highest BCUT2D eigenvalue weighted by molar-refractivity contribution is 5.99. The maximum atomic E-state index is 11.8. The number of phenols is 2. The van der Waals surface area contributed by atoms with Crippen LogP contribution in [-0.4, -0.2) is 16.0 Å². The minimum Gasteiger partial charge on any atom is -0.507 e. The van der Waals surface area contributed by atoms with E-state index in [0.29, 0.717) is 30.4 Å².